The molecule has 2 aromatic heterocycles. The fourth-order valence-corrected chi connectivity index (χ4v) is 4.76. The van der Waals surface area contributed by atoms with E-state index in [9.17, 15) is 28.2 Å². The zero-order valence-electron chi connectivity index (χ0n) is 18.6. The number of aromatic carboxylic acids is 1. The molecule has 0 saturated carbocycles. The minimum absolute atomic E-state index is 0.0818. The lowest BCUT2D eigenvalue weighted by atomic mass is 9.96. The van der Waals surface area contributed by atoms with Crippen LogP contribution in [0.2, 0.25) is 0 Å². The van der Waals surface area contributed by atoms with E-state index in [-0.39, 0.29) is 11.4 Å². The number of aromatic nitrogens is 2. The second kappa shape index (κ2) is 8.33. The number of aromatic hydroxyl groups is 1. The molecule has 2 aromatic carbocycles. The lowest BCUT2D eigenvalue weighted by Crippen LogP contribution is -2.06. The van der Waals surface area contributed by atoms with Gasteiger partial charge in [-0.05, 0) is 61.1 Å². The first-order valence-corrected chi connectivity index (χ1v) is 11.2. The first-order chi connectivity index (χ1) is 16.6. The number of nitrogens with zero attached hydrogens (tertiary/aromatic N) is 2. The molecule has 0 saturated heterocycles. The number of nitrogen functional groups attached to an aromatic ring is 1. The van der Waals surface area contributed by atoms with Crippen LogP contribution in [0.4, 0.5) is 18.9 Å². The molecule has 3 heterocycles. The van der Waals surface area contributed by atoms with E-state index in [0.717, 1.165) is 36.2 Å². The molecule has 0 aliphatic carbocycles. The van der Waals surface area contributed by atoms with Crippen molar-refractivity contribution >= 4 is 22.6 Å². The topological polar surface area (TPSA) is 101 Å². The lowest BCUT2D eigenvalue weighted by Gasteiger charge is -2.14. The molecule has 0 unspecified atom stereocenters. The Morgan fingerprint density at radius 2 is 1.74 bits per heavy atom. The third-order valence-electron chi connectivity index (χ3n) is 6.54. The van der Waals surface area contributed by atoms with Crippen molar-refractivity contribution in [1.82, 2.24) is 9.55 Å². The van der Waals surface area contributed by atoms with E-state index >= 15 is 0 Å². The van der Waals surface area contributed by atoms with Crippen LogP contribution >= 0.6 is 0 Å². The van der Waals surface area contributed by atoms with Crippen molar-refractivity contribution in [2.75, 3.05) is 5.73 Å². The number of aryl methyl sites for hydroxylation is 3. The van der Waals surface area contributed by atoms with Gasteiger partial charge in [-0.15, -0.1) is 0 Å². The maximum atomic E-state index is 12.9. The first-order valence-electron chi connectivity index (χ1n) is 11.2. The summed E-state index contributed by atoms with van der Waals surface area (Å²) in [5, 5.41) is 20.8. The quantitative estimate of drug-likeness (QED) is 0.352. The number of carbonyl (C=O) groups is 1. The fraction of sp³-hybridized carbons (Fsp3) is 0.231. The SMILES string of the molecule is Nc1c(CCc2ccc(C(F)(F)F)cc2)nc2c3n(c(O)c2c1-c1ccc(C(=O)O)cc1)CCC3. The van der Waals surface area contributed by atoms with Gasteiger partial charge in [-0.3, -0.25) is 0 Å². The second-order valence-electron chi connectivity index (χ2n) is 8.67. The number of anilines is 1. The van der Waals surface area contributed by atoms with E-state index in [1.54, 1.807) is 12.1 Å². The van der Waals surface area contributed by atoms with Crippen LogP contribution in [0.1, 0.15) is 39.3 Å². The number of carboxylic acid groups (broad SMARTS) is 1. The Labute approximate surface area is 198 Å². The highest BCUT2D eigenvalue weighted by Crippen LogP contribution is 2.44. The van der Waals surface area contributed by atoms with Gasteiger partial charge in [0.15, 0.2) is 0 Å². The molecule has 180 valence electrons. The summed E-state index contributed by atoms with van der Waals surface area (Å²) in [5.74, 6) is -0.967. The zero-order chi connectivity index (χ0) is 24.9. The molecule has 0 amide bonds. The van der Waals surface area contributed by atoms with Crippen molar-refractivity contribution in [2.45, 2.75) is 38.4 Å². The summed E-state index contributed by atoms with van der Waals surface area (Å²) in [4.78, 5) is 16.1. The molecular formula is C26H22F3N3O3. The predicted octanol–water partition coefficient (Wildman–Crippen LogP) is 5.44. The molecule has 35 heavy (non-hydrogen) atoms. The number of hydrogen-bond donors (Lipinski definition) is 3. The van der Waals surface area contributed by atoms with Gasteiger partial charge in [0, 0.05) is 17.8 Å². The lowest BCUT2D eigenvalue weighted by molar-refractivity contribution is -0.137. The molecule has 1 aliphatic rings. The third kappa shape index (κ3) is 3.96. The van der Waals surface area contributed by atoms with Gasteiger partial charge in [0.2, 0.25) is 5.88 Å². The van der Waals surface area contributed by atoms with Crippen molar-refractivity contribution in [3.8, 4) is 17.0 Å². The Bertz CT molecular complexity index is 1440. The molecule has 0 bridgehead atoms. The monoisotopic (exact) mass is 481 g/mol. The van der Waals surface area contributed by atoms with Crippen LogP contribution in [0.25, 0.3) is 22.0 Å². The maximum Gasteiger partial charge on any atom is 0.416 e. The Hall–Kier alpha value is -4.01. The molecule has 0 spiro atoms. The minimum Gasteiger partial charge on any atom is -0.494 e. The average Bonchev–Trinajstić information content (AvgIpc) is 3.41. The van der Waals surface area contributed by atoms with E-state index < -0.39 is 17.7 Å². The highest BCUT2D eigenvalue weighted by molar-refractivity contribution is 6.06. The van der Waals surface area contributed by atoms with Crippen molar-refractivity contribution in [2.24, 2.45) is 0 Å². The normalized spacial score (nSPS) is 13.3. The van der Waals surface area contributed by atoms with E-state index in [4.69, 9.17) is 10.7 Å². The summed E-state index contributed by atoms with van der Waals surface area (Å²) in [6.07, 6.45) is -1.93. The van der Waals surface area contributed by atoms with E-state index in [0.29, 0.717) is 52.8 Å². The van der Waals surface area contributed by atoms with Crippen LogP contribution in [0.5, 0.6) is 5.88 Å². The molecule has 1 aliphatic heterocycles. The number of pyridine rings is 1. The van der Waals surface area contributed by atoms with Crippen LogP contribution in [0.3, 0.4) is 0 Å². The number of nitrogens with two attached hydrogens (primary N) is 1. The van der Waals surface area contributed by atoms with E-state index in [1.165, 1.54) is 24.3 Å². The Morgan fingerprint density at radius 3 is 2.37 bits per heavy atom. The van der Waals surface area contributed by atoms with Crippen LogP contribution < -0.4 is 5.73 Å². The Morgan fingerprint density at radius 1 is 1.06 bits per heavy atom. The highest BCUT2D eigenvalue weighted by Gasteiger charge is 2.30. The number of rotatable bonds is 5. The number of hydrogen-bond acceptors (Lipinski definition) is 4. The first kappa shape index (κ1) is 22.8. The molecule has 6 nitrogen and oxygen atoms in total. The van der Waals surface area contributed by atoms with Crippen molar-refractivity contribution in [1.29, 1.82) is 0 Å². The van der Waals surface area contributed by atoms with Gasteiger partial charge in [0.1, 0.15) is 0 Å². The van der Waals surface area contributed by atoms with Crippen LogP contribution in [0.15, 0.2) is 48.5 Å². The van der Waals surface area contributed by atoms with Crippen LogP contribution in [-0.2, 0) is 32.0 Å². The van der Waals surface area contributed by atoms with Gasteiger partial charge in [-0.2, -0.15) is 13.2 Å². The number of benzene rings is 2. The van der Waals surface area contributed by atoms with Gasteiger partial charge < -0.3 is 20.5 Å². The second-order valence-corrected chi connectivity index (χ2v) is 8.67. The Kier molecular flexibility index (Phi) is 5.42. The van der Waals surface area contributed by atoms with Gasteiger partial charge in [0.25, 0.3) is 0 Å². The van der Waals surface area contributed by atoms with Crippen molar-refractivity contribution in [3.63, 3.8) is 0 Å². The van der Waals surface area contributed by atoms with Crippen LogP contribution in [0, 0.1) is 0 Å². The largest absolute Gasteiger partial charge is 0.494 e. The van der Waals surface area contributed by atoms with Crippen molar-refractivity contribution in [3.05, 3.63) is 76.6 Å². The number of alkyl halides is 3. The summed E-state index contributed by atoms with van der Waals surface area (Å²) in [6.45, 7) is 0.662. The average molecular weight is 481 g/mol. The van der Waals surface area contributed by atoms with Gasteiger partial charge in [-0.25, -0.2) is 9.78 Å². The van der Waals surface area contributed by atoms with Gasteiger partial charge >= 0.3 is 12.1 Å². The predicted molar refractivity (Wildman–Crippen MR) is 125 cm³/mol. The molecule has 4 aromatic rings. The summed E-state index contributed by atoms with van der Waals surface area (Å²) < 4.78 is 40.5. The number of fused-ring (bicyclic) bond motifs is 3. The molecule has 0 atom stereocenters. The molecule has 0 radical (unpaired) electrons. The molecule has 5 rings (SSSR count). The Balaban J connectivity index is 1.58. The van der Waals surface area contributed by atoms with E-state index in [1.807, 2.05) is 4.57 Å². The standard InChI is InChI=1S/C26H22F3N3O3/c27-26(28,29)17-10-3-14(4-11-17)5-12-18-22(30)20(15-6-8-16(9-7-15)25(34)35)21-23(31-18)19-2-1-13-32(19)24(21)33/h3-4,6-11,33H,1-2,5,12-13,30H2,(H,34,35). The minimum atomic E-state index is -4.39. The number of halogens is 3. The third-order valence-corrected chi connectivity index (χ3v) is 6.54. The van der Waals surface area contributed by atoms with Crippen LogP contribution in [-0.4, -0.2) is 25.7 Å². The molecular weight excluding hydrogens is 459 g/mol. The summed E-state index contributed by atoms with van der Waals surface area (Å²) in [6, 6.07) is 11.3. The molecule has 4 N–H and O–H groups in total. The zero-order valence-corrected chi connectivity index (χ0v) is 18.6. The highest BCUT2D eigenvalue weighted by atomic mass is 19.4. The number of carboxylic acids is 1. The summed E-state index contributed by atoms with van der Waals surface area (Å²) in [7, 11) is 0. The van der Waals surface area contributed by atoms with Gasteiger partial charge in [0.05, 0.1) is 33.4 Å². The molecule has 9 heteroatoms. The fourth-order valence-electron chi connectivity index (χ4n) is 4.76. The smallest absolute Gasteiger partial charge is 0.416 e. The maximum absolute atomic E-state index is 12.9. The van der Waals surface area contributed by atoms with Crippen molar-refractivity contribution < 1.29 is 28.2 Å². The van der Waals surface area contributed by atoms with Gasteiger partial charge in [-0.1, -0.05) is 24.3 Å². The van der Waals surface area contributed by atoms with E-state index in [2.05, 4.69) is 0 Å². The molecule has 0 fully saturated rings. The summed E-state index contributed by atoms with van der Waals surface area (Å²) in [5.41, 5.74) is 10.4. The summed E-state index contributed by atoms with van der Waals surface area (Å²) >= 11 is 0.